The molecule has 1 unspecified atom stereocenters. The number of aliphatic imine (C=N–C) groups is 1. The number of nitrogens with zero attached hydrogens (tertiary/aromatic N) is 3. The van der Waals surface area contributed by atoms with Crippen LogP contribution in [0.3, 0.4) is 0 Å². The van der Waals surface area contributed by atoms with Crippen molar-refractivity contribution in [2.24, 2.45) is 16.8 Å². The third-order valence-electron chi connectivity index (χ3n) is 8.38. The molecule has 43 heavy (non-hydrogen) atoms. The fourth-order valence-electron chi connectivity index (χ4n) is 5.56. The third-order valence-corrected chi connectivity index (χ3v) is 9.42. The Kier molecular flexibility index (Phi) is 14.0. The Balaban J connectivity index is 1.76. The van der Waals surface area contributed by atoms with Gasteiger partial charge in [0.25, 0.3) is 0 Å². The van der Waals surface area contributed by atoms with Crippen molar-refractivity contribution in [3.8, 4) is 0 Å². The molecule has 2 atom stereocenters. The number of aromatic nitrogens is 1. The molecule has 1 aliphatic rings. The van der Waals surface area contributed by atoms with Crippen molar-refractivity contribution in [1.29, 1.82) is 0 Å². The van der Waals surface area contributed by atoms with Gasteiger partial charge in [0.15, 0.2) is 0 Å². The smallest absolute Gasteiger partial charge is 0.247 e. The summed E-state index contributed by atoms with van der Waals surface area (Å²) >= 11 is 1.58. The minimum Gasteiger partial charge on any atom is -0.351 e. The van der Waals surface area contributed by atoms with Gasteiger partial charge in [0.1, 0.15) is 0 Å². The molecule has 1 fully saturated rings. The first-order chi connectivity index (χ1) is 20.6. The Morgan fingerprint density at radius 1 is 1.14 bits per heavy atom. The second kappa shape index (κ2) is 17.4. The van der Waals surface area contributed by atoms with Crippen molar-refractivity contribution in [1.82, 2.24) is 20.5 Å². The molecule has 1 aromatic heterocycles. The Morgan fingerprint density at radius 3 is 2.51 bits per heavy atom. The van der Waals surface area contributed by atoms with Crippen LogP contribution in [0, 0.1) is 11.8 Å². The lowest BCUT2D eigenvalue weighted by atomic mass is 9.84. The first kappa shape index (κ1) is 34.6. The number of carbonyl (C=O) groups is 3. The minimum atomic E-state index is -0.650. The summed E-state index contributed by atoms with van der Waals surface area (Å²) in [6.07, 6.45) is 8.82. The topological polar surface area (TPSA) is 104 Å². The van der Waals surface area contributed by atoms with Crippen molar-refractivity contribution in [2.75, 3.05) is 26.2 Å². The first-order valence-electron chi connectivity index (χ1n) is 16.1. The highest BCUT2D eigenvalue weighted by Gasteiger charge is 2.26. The number of carbonyl (C=O) groups excluding carboxylic acids is 3. The standard InChI is InChI=1S/C34H51N5O3S/c1-7-31(40)35-20-27(19-32-38-29-16-15-26(23(4)5)18-30(29)43-32)34(42)37-28(17-25-13-11-10-12-14-25)21-36-33(41)24(6)22-39(8-2)9-3/h15-16,18,20,23,25,27-28H,6-14,17,19,21-22H2,1-5H3,(H,36,41)(H,37,42)/t27?,28-/m0/s1. The average Bonchev–Trinajstić information content (AvgIpc) is 3.42. The van der Waals surface area contributed by atoms with Crippen LogP contribution in [0.5, 0.6) is 0 Å². The van der Waals surface area contributed by atoms with Gasteiger partial charge in [-0.1, -0.05) is 79.4 Å². The maximum Gasteiger partial charge on any atom is 0.247 e. The molecule has 2 aromatic rings. The predicted molar refractivity (Wildman–Crippen MR) is 178 cm³/mol. The van der Waals surface area contributed by atoms with E-state index in [1.54, 1.807) is 18.3 Å². The first-order valence-corrected chi connectivity index (χ1v) is 16.9. The molecule has 0 bridgehead atoms. The van der Waals surface area contributed by atoms with E-state index in [1.807, 2.05) is 6.07 Å². The molecule has 1 heterocycles. The van der Waals surface area contributed by atoms with E-state index in [4.69, 9.17) is 4.98 Å². The lowest BCUT2D eigenvalue weighted by Gasteiger charge is -2.28. The highest BCUT2D eigenvalue weighted by Crippen LogP contribution is 2.29. The van der Waals surface area contributed by atoms with E-state index >= 15 is 0 Å². The number of rotatable bonds is 16. The predicted octanol–water partition coefficient (Wildman–Crippen LogP) is 6.06. The molecule has 1 aliphatic carbocycles. The van der Waals surface area contributed by atoms with Crippen LogP contribution in [-0.4, -0.2) is 66.0 Å². The maximum atomic E-state index is 13.8. The highest BCUT2D eigenvalue weighted by molar-refractivity contribution is 7.18. The van der Waals surface area contributed by atoms with Crippen LogP contribution < -0.4 is 10.6 Å². The maximum absolute atomic E-state index is 13.8. The number of amides is 3. The number of nitrogens with one attached hydrogen (secondary N) is 2. The molecular weight excluding hydrogens is 558 g/mol. The molecule has 0 radical (unpaired) electrons. The summed E-state index contributed by atoms with van der Waals surface area (Å²) in [6.45, 7) is 16.8. The molecule has 0 saturated heterocycles. The Hall–Kier alpha value is -2.91. The summed E-state index contributed by atoms with van der Waals surface area (Å²) in [5.41, 5.74) is 2.68. The molecule has 3 rings (SSSR count). The molecule has 0 spiro atoms. The number of likely N-dealkylation sites (N-methyl/N-ethyl adjacent to an activating group) is 1. The largest absolute Gasteiger partial charge is 0.351 e. The van der Waals surface area contributed by atoms with Crippen LogP contribution in [0.4, 0.5) is 0 Å². The van der Waals surface area contributed by atoms with Crippen LogP contribution in [0.15, 0.2) is 35.3 Å². The van der Waals surface area contributed by atoms with Crippen molar-refractivity contribution in [3.63, 3.8) is 0 Å². The van der Waals surface area contributed by atoms with Gasteiger partial charge in [-0.3, -0.25) is 19.3 Å². The van der Waals surface area contributed by atoms with E-state index in [0.717, 1.165) is 47.6 Å². The van der Waals surface area contributed by atoms with Gasteiger partial charge in [-0.2, -0.15) is 0 Å². The normalized spacial score (nSPS) is 15.7. The molecular formula is C34H51N5O3S. The molecule has 0 aliphatic heterocycles. The molecule has 3 amide bonds. The number of fused-ring (bicyclic) bond motifs is 1. The highest BCUT2D eigenvalue weighted by atomic mass is 32.1. The summed E-state index contributed by atoms with van der Waals surface area (Å²) in [5.74, 6) is -0.382. The van der Waals surface area contributed by atoms with E-state index in [-0.39, 0.29) is 30.2 Å². The summed E-state index contributed by atoms with van der Waals surface area (Å²) in [6, 6.07) is 6.07. The van der Waals surface area contributed by atoms with Gasteiger partial charge in [-0.05, 0) is 49.0 Å². The van der Waals surface area contributed by atoms with E-state index in [0.29, 0.717) is 36.9 Å². The van der Waals surface area contributed by atoms with E-state index in [1.165, 1.54) is 31.0 Å². The second-order valence-electron chi connectivity index (χ2n) is 12.0. The van der Waals surface area contributed by atoms with Crippen molar-refractivity contribution in [3.05, 3.63) is 40.9 Å². The minimum absolute atomic E-state index is 0.184. The van der Waals surface area contributed by atoms with E-state index in [2.05, 4.69) is 66.9 Å². The van der Waals surface area contributed by atoms with E-state index < -0.39 is 5.92 Å². The van der Waals surface area contributed by atoms with Gasteiger partial charge in [0, 0.05) is 43.8 Å². The fourth-order valence-corrected chi connectivity index (χ4v) is 6.63. The monoisotopic (exact) mass is 609 g/mol. The molecule has 2 N–H and O–H groups in total. The summed E-state index contributed by atoms with van der Waals surface area (Å²) in [4.78, 5) is 49.8. The molecule has 8 nitrogen and oxygen atoms in total. The van der Waals surface area contributed by atoms with Crippen LogP contribution in [0.25, 0.3) is 10.2 Å². The Labute approximate surface area is 261 Å². The number of hydrogen-bond donors (Lipinski definition) is 2. The van der Waals surface area contributed by atoms with Gasteiger partial charge in [-0.25, -0.2) is 9.98 Å². The zero-order chi connectivity index (χ0) is 31.4. The summed E-state index contributed by atoms with van der Waals surface area (Å²) in [5, 5.41) is 7.09. The van der Waals surface area contributed by atoms with E-state index in [9.17, 15) is 14.4 Å². The SMILES string of the molecule is C=C(CN(CC)CC)C(=O)NC[C@H](CC1CCCCC1)NC(=O)C(C=NC(=O)CC)Cc1nc2ccc(C(C)C)cc2s1. The molecule has 9 heteroatoms. The zero-order valence-electron chi connectivity index (χ0n) is 26.8. The zero-order valence-corrected chi connectivity index (χ0v) is 27.6. The second-order valence-corrected chi connectivity index (χ2v) is 13.2. The van der Waals surface area contributed by atoms with Gasteiger partial charge < -0.3 is 10.6 Å². The number of benzene rings is 1. The Morgan fingerprint density at radius 2 is 1.86 bits per heavy atom. The molecule has 236 valence electrons. The van der Waals surface area contributed by atoms with Crippen LogP contribution in [0.1, 0.15) is 96.1 Å². The van der Waals surface area contributed by atoms with Crippen LogP contribution in [-0.2, 0) is 20.8 Å². The quantitative estimate of drug-likeness (QED) is 0.178. The van der Waals surface area contributed by atoms with Gasteiger partial charge in [0.05, 0.1) is 21.1 Å². The number of thiazole rings is 1. The van der Waals surface area contributed by atoms with Crippen LogP contribution in [0.2, 0.25) is 0 Å². The van der Waals surface area contributed by atoms with Crippen molar-refractivity contribution >= 4 is 45.5 Å². The van der Waals surface area contributed by atoms with Gasteiger partial charge in [-0.15, -0.1) is 11.3 Å². The summed E-state index contributed by atoms with van der Waals surface area (Å²) < 4.78 is 1.09. The van der Waals surface area contributed by atoms with Crippen molar-refractivity contribution < 1.29 is 14.4 Å². The lowest BCUT2D eigenvalue weighted by Crippen LogP contribution is -2.48. The molecule has 1 saturated carbocycles. The van der Waals surface area contributed by atoms with Gasteiger partial charge in [0.2, 0.25) is 17.7 Å². The average molecular weight is 610 g/mol. The lowest BCUT2D eigenvalue weighted by molar-refractivity contribution is -0.124. The third kappa shape index (κ3) is 10.9. The number of hydrogen-bond acceptors (Lipinski definition) is 6. The van der Waals surface area contributed by atoms with Crippen LogP contribution >= 0.6 is 11.3 Å². The molecule has 1 aromatic carbocycles. The summed E-state index contributed by atoms with van der Waals surface area (Å²) in [7, 11) is 0. The Bertz CT molecular complexity index is 1260. The fraction of sp³-hybridized carbons (Fsp3) is 0.618. The van der Waals surface area contributed by atoms with Crippen molar-refractivity contribution in [2.45, 2.75) is 97.9 Å². The van der Waals surface area contributed by atoms with Gasteiger partial charge >= 0.3 is 0 Å².